The highest BCUT2D eigenvalue weighted by Gasteiger charge is 2.42. The van der Waals surface area contributed by atoms with Crippen molar-refractivity contribution in [3.05, 3.63) is 0 Å². The number of hydrogen-bond donors (Lipinski definition) is 2. The fourth-order valence-electron chi connectivity index (χ4n) is 2.24. The van der Waals surface area contributed by atoms with Gasteiger partial charge in [0.2, 0.25) is 10.0 Å². The van der Waals surface area contributed by atoms with E-state index in [0.29, 0.717) is 19.3 Å². The van der Waals surface area contributed by atoms with Gasteiger partial charge in [-0.1, -0.05) is 6.42 Å². The summed E-state index contributed by atoms with van der Waals surface area (Å²) < 4.78 is 35.2. The summed E-state index contributed by atoms with van der Waals surface area (Å²) in [7, 11) is -1.52. The van der Waals surface area contributed by atoms with Gasteiger partial charge < -0.3 is 14.6 Å². The molecule has 1 aliphatic carbocycles. The second-order valence-corrected chi connectivity index (χ2v) is 6.52. The van der Waals surface area contributed by atoms with Crippen LogP contribution in [0.3, 0.4) is 0 Å². The second-order valence-electron chi connectivity index (χ2n) is 4.53. The van der Waals surface area contributed by atoms with E-state index in [4.69, 9.17) is 0 Å². The van der Waals surface area contributed by atoms with Crippen molar-refractivity contribution in [3.8, 4) is 0 Å². The molecule has 0 aromatic carbocycles. The third-order valence-electron chi connectivity index (χ3n) is 3.31. The van der Waals surface area contributed by atoms with Crippen LogP contribution in [0.2, 0.25) is 0 Å². The predicted molar refractivity (Wildman–Crippen MR) is 68.1 cm³/mol. The molecule has 1 aliphatic rings. The molecule has 8 nitrogen and oxygen atoms in total. The highest BCUT2D eigenvalue weighted by atomic mass is 32.2. The molecule has 9 heteroatoms. The largest absolute Gasteiger partial charge is 0.469 e. The SMILES string of the molecule is COC(=O)C(O)CNS(=O)(=O)C1CCCC1C(=O)OC. The van der Waals surface area contributed by atoms with Gasteiger partial charge in [0.15, 0.2) is 6.10 Å². The fourth-order valence-corrected chi connectivity index (χ4v) is 4.00. The monoisotopic (exact) mass is 309 g/mol. The average Bonchev–Trinajstić information content (AvgIpc) is 2.93. The zero-order chi connectivity index (χ0) is 15.3. The maximum Gasteiger partial charge on any atom is 0.336 e. The number of aliphatic hydroxyl groups excluding tert-OH is 1. The van der Waals surface area contributed by atoms with Gasteiger partial charge in [0, 0.05) is 6.54 Å². The minimum absolute atomic E-state index is 0.337. The van der Waals surface area contributed by atoms with Crippen LogP contribution in [-0.4, -0.2) is 57.6 Å². The molecule has 1 rings (SSSR count). The Hall–Kier alpha value is -1.19. The molecule has 1 saturated carbocycles. The Morgan fingerprint density at radius 2 is 1.95 bits per heavy atom. The van der Waals surface area contributed by atoms with E-state index in [1.165, 1.54) is 7.11 Å². The van der Waals surface area contributed by atoms with Crippen LogP contribution in [0.1, 0.15) is 19.3 Å². The number of methoxy groups -OCH3 is 2. The third kappa shape index (κ3) is 3.90. The molecule has 0 spiro atoms. The molecular weight excluding hydrogens is 290 g/mol. The summed E-state index contributed by atoms with van der Waals surface area (Å²) in [5.41, 5.74) is 0. The number of aliphatic hydroxyl groups is 1. The first-order valence-corrected chi connectivity index (χ1v) is 7.70. The quantitative estimate of drug-likeness (QED) is 0.590. The molecule has 3 unspecified atom stereocenters. The van der Waals surface area contributed by atoms with Crippen molar-refractivity contribution >= 4 is 22.0 Å². The van der Waals surface area contributed by atoms with E-state index in [1.54, 1.807) is 0 Å². The Bertz CT molecular complexity index is 461. The molecule has 0 aromatic rings. The molecule has 0 bridgehead atoms. The van der Waals surface area contributed by atoms with E-state index in [1.807, 2.05) is 0 Å². The molecule has 0 saturated heterocycles. The number of sulfonamides is 1. The lowest BCUT2D eigenvalue weighted by Crippen LogP contribution is -2.44. The average molecular weight is 309 g/mol. The van der Waals surface area contributed by atoms with Gasteiger partial charge in [0.05, 0.1) is 25.4 Å². The Balaban J connectivity index is 2.68. The van der Waals surface area contributed by atoms with Crippen molar-refractivity contribution in [2.24, 2.45) is 5.92 Å². The van der Waals surface area contributed by atoms with Crippen LogP contribution in [0.25, 0.3) is 0 Å². The number of esters is 2. The lowest BCUT2D eigenvalue weighted by atomic mass is 10.1. The molecule has 2 N–H and O–H groups in total. The number of carbonyl (C=O) groups is 2. The van der Waals surface area contributed by atoms with Crippen molar-refractivity contribution in [2.75, 3.05) is 20.8 Å². The topological polar surface area (TPSA) is 119 Å². The molecule has 0 aromatic heterocycles. The fraction of sp³-hybridized carbons (Fsp3) is 0.818. The van der Waals surface area contributed by atoms with Crippen LogP contribution < -0.4 is 4.72 Å². The molecule has 116 valence electrons. The van der Waals surface area contributed by atoms with Gasteiger partial charge in [-0.3, -0.25) is 4.79 Å². The van der Waals surface area contributed by atoms with Gasteiger partial charge in [-0.2, -0.15) is 0 Å². The summed E-state index contributed by atoms with van der Waals surface area (Å²) in [6, 6.07) is 0. The van der Waals surface area contributed by atoms with Gasteiger partial charge in [0.25, 0.3) is 0 Å². The van der Waals surface area contributed by atoms with Crippen LogP contribution >= 0.6 is 0 Å². The van der Waals surface area contributed by atoms with Crippen LogP contribution in [0.4, 0.5) is 0 Å². The Morgan fingerprint density at radius 1 is 1.30 bits per heavy atom. The van der Waals surface area contributed by atoms with Crippen molar-refractivity contribution < 1.29 is 32.6 Å². The highest BCUT2D eigenvalue weighted by molar-refractivity contribution is 7.90. The maximum atomic E-state index is 12.1. The lowest BCUT2D eigenvalue weighted by molar-refractivity contribution is -0.150. The van der Waals surface area contributed by atoms with Crippen LogP contribution in [0.5, 0.6) is 0 Å². The van der Waals surface area contributed by atoms with E-state index >= 15 is 0 Å². The standard InChI is InChI=1S/C11H19NO7S/c1-18-10(14)7-4-3-5-9(7)20(16,17)12-6-8(13)11(15)19-2/h7-9,12-13H,3-6H2,1-2H3. The van der Waals surface area contributed by atoms with E-state index in [0.717, 1.165) is 7.11 Å². The van der Waals surface area contributed by atoms with Crippen molar-refractivity contribution in [2.45, 2.75) is 30.6 Å². The first-order chi connectivity index (χ1) is 9.33. The number of rotatable bonds is 6. The number of hydrogen-bond acceptors (Lipinski definition) is 7. The highest BCUT2D eigenvalue weighted by Crippen LogP contribution is 2.31. The van der Waals surface area contributed by atoms with E-state index in [2.05, 4.69) is 14.2 Å². The summed E-state index contributed by atoms with van der Waals surface area (Å²) in [5.74, 6) is -2.21. The van der Waals surface area contributed by atoms with Crippen molar-refractivity contribution in [1.29, 1.82) is 0 Å². The maximum absolute atomic E-state index is 12.1. The normalized spacial score (nSPS) is 24.1. The van der Waals surface area contributed by atoms with Crippen LogP contribution in [0.15, 0.2) is 0 Å². The molecule has 1 fully saturated rings. The van der Waals surface area contributed by atoms with Crippen molar-refractivity contribution in [3.63, 3.8) is 0 Å². The van der Waals surface area contributed by atoms with Gasteiger partial charge >= 0.3 is 11.9 Å². The predicted octanol–water partition coefficient (Wildman–Crippen LogP) is -1.22. The Kier molecular flexibility index (Phi) is 5.90. The van der Waals surface area contributed by atoms with E-state index in [9.17, 15) is 23.1 Å². The van der Waals surface area contributed by atoms with Gasteiger partial charge in [-0.05, 0) is 12.8 Å². The molecule has 20 heavy (non-hydrogen) atoms. The zero-order valence-corrected chi connectivity index (χ0v) is 12.2. The Morgan fingerprint density at radius 3 is 2.50 bits per heavy atom. The smallest absolute Gasteiger partial charge is 0.336 e. The van der Waals surface area contributed by atoms with Gasteiger partial charge in [-0.25, -0.2) is 17.9 Å². The summed E-state index contributed by atoms with van der Waals surface area (Å²) in [6.45, 7) is -0.487. The van der Waals surface area contributed by atoms with E-state index < -0.39 is 45.8 Å². The summed E-state index contributed by atoms with van der Waals surface area (Å²) in [4.78, 5) is 22.5. The van der Waals surface area contributed by atoms with Gasteiger partial charge in [0.1, 0.15) is 0 Å². The third-order valence-corrected chi connectivity index (χ3v) is 5.24. The van der Waals surface area contributed by atoms with Crippen LogP contribution in [0, 0.1) is 5.92 Å². The van der Waals surface area contributed by atoms with E-state index in [-0.39, 0.29) is 0 Å². The number of nitrogens with one attached hydrogen (secondary N) is 1. The van der Waals surface area contributed by atoms with Crippen LogP contribution in [-0.2, 0) is 29.1 Å². The molecule has 0 radical (unpaired) electrons. The molecule has 0 heterocycles. The molecule has 0 aliphatic heterocycles. The lowest BCUT2D eigenvalue weighted by Gasteiger charge is -2.19. The van der Waals surface area contributed by atoms with Gasteiger partial charge in [-0.15, -0.1) is 0 Å². The number of ether oxygens (including phenoxy) is 2. The summed E-state index contributed by atoms with van der Waals surface area (Å²) >= 11 is 0. The zero-order valence-electron chi connectivity index (χ0n) is 11.4. The summed E-state index contributed by atoms with van der Waals surface area (Å²) in [6.07, 6.45) is -0.195. The first-order valence-electron chi connectivity index (χ1n) is 6.15. The molecule has 0 amide bonds. The minimum atomic E-state index is -3.82. The minimum Gasteiger partial charge on any atom is -0.469 e. The van der Waals surface area contributed by atoms with Crippen molar-refractivity contribution in [1.82, 2.24) is 4.72 Å². The second kappa shape index (κ2) is 7.00. The summed E-state index contributed by atoms with van der Waals surface area (Å²) in [5, 5.41) is 8.45. The number of carbonyl (C=O) groups excluding carboxylic acids is 2. The molecular formula is C11H19NO7S. The first kappa shape index (κ1) is 16.9. The molecule has 3 atom stereocenters. The Labute approximate surface area is 117 Å².